The van der Waals surface area contributed by atoms with Gasteiger partial charge in [-0.1, -0.05) is 5.16 Å². The van der Waals surface area contributed by atoms with Crippen LogP contribution < -0.4 is 5.73 Å². The van der Waals surface area contributed by atoms with E-state index in [0.717, 1.165) is 24.1 Å². The summed E-state index contributed by atoms with van der Waals surface area (Å²) >= 11 is 0. The first-order valence-corrected chi connectivity index (χ1v) is 4.29. The Bertz CT molecular complexity index is 459. The zero-order valence-electron chi connectivity index (χ0n) is 7.03. The highest BCUT2D eigenvalue weighted by molar-refractivity contribution is 5.75. The van der Waals surface area contributed by atoms with Crippen LogP contribution in [0.1, 0.15) is 18.5 Å². The second-order valence-corrected chi connectivity index (χ2v) is 3.54. The molecule has 1 saturated carbocycles. The fourth-order valence-corrected chi connectivity index (χ4v) is 1.48. The molecule has 1 aliphatic carbocycles. The third-order valence-electron chi connectivity index (χ3n) is 2.49. The van der Waals surface area contributed by atoms with Crippen molar-refractivity contribution in [3.05, 3.63) is 24.0 Å². The van der Waals surface area contributed by atoms with Crippen molar-refractivity contribution < 1.29 is 4.52 Å². The number of rotatable bonds is 1. The molecule has 0 radical (unpaired) electrons. The average Bonchev–Trinajstić information content (AvgIpc) is 2.76. The third-order valence-corrected chi connectivity index (χ3v) is 2.49. The van der Waals surface area contributed by atoms with Gasteiger partial charge in [-0.2, -0.15) is 0 Å². The monoisotopic (exact) mass is 175 g/mol. The van der Waals surface area contributed by atoms with Crippen molar-refractivity contribution >= 4 is 11.1 Å². The number of pyridine rings is 1. The number of nitrogens with two attached hydrogens (primary N) is 1. The van der Waals surface area contributed by atoms with Gasteiger partial charge in [0.25, 0.3) is 0 Å². The Kier molecular flexibility index (Phi) is 1.13. The van der Waals surface area contributed by atoms with Gasteiger partial charge in [0.15, 0.2) is 5.58 Å². The van der Waals surface area contributed by atoms with E-state index >= 15 is 0 Å². The normalized spacial score (nSPS) is 19.2. The Labute approximate surface area is 74.7 Å². The number of hydrogen-bond acceptors (Lipinski definition) is 4. The zero-order valence-corrected chi connectivity index (χ0v) is 7.03. The summed E-state index contributed by atoms with van der Waals surface area (Å²) in [6.07, 6.45) is 3.69. The Morgan fingerprint density at radius 2 is 2.31 bits per heavy atom. The van der Waals surface area contributed by atoms with Gasteiger partial charge in [-0.15, -0.1) is 0 Å². The maximum atomic E-state index is 6.02. The topological polar surface area (TPSA) is 64.9 Å². The molecular formula is C9H9N3O. The largest absolute Gasteiger partial charge is 0.354 e. The summed E-state index contributed by atoms with van der Waals surface area (Å²) in [5.74, 6) is 0. The van der Waals surface area contributed by atoms with E-state index < -0.39 is 0 Å². The molecule has 4 heteroatoms. The molecule has 0 amide bonds. The van der Waals surface area contributed by atoms with Crippen molar-refractivity contribution in [1.82, 2.24) is 10.1 Å². The van der Waals surface area contributed by atoms with Crippen molar-refractivity contribution in [2.45, 2.75) is 18.4 Å². The molecule has 13 heavy (non-hydrogen) atoms. The van der Waals surface area contributed by atoms with Crippen molar-refractivity contribution in [1.29, 1.82) is 0 Å². The number of fused-ring (bicyclic) bond motifs is 1. The summed E-state index contributed by atoms with van der Waals surface area (Å²) in [7, 11) is 0. The van der Waals surface area contributed by atoms with Crippen LogP contribution in [0.25, 0.3) is 11.1 Å². The molecule has 2 aromatic rings. The maximum Gasteiger partial charge on any atom is 0.185 e. The lowest BCUT2D eigenvalue weighted by Crippen LogP contribution is -2.19. The summed E-state index contributed by atoms with van der Waals surface area (Å²) in [6.45, 7) is 0. The van der Waals surface area contributed by atoms with E-state index in [-0.39, 0.29) is 5.54 Å². The molecule has 0 aromatic carbocycles. The highest BCUT2D eigenvalue weighted by atomic mass is 16.5. The van der Waals surface area contributed by atoms with Gasteiger partial charge in [-0.05, 0) is 25.0 Å². The van der Waals surface area contributed by atoms with E-state index in [1.165, 1.54) is 0 Å². The lowest BCUT2D eigenvalue weighted by molar-refractivity contribution is 0.435. The molecule has 2 heterocycles. The molecule has 0 bridgehead atoms. The van der Waals surface area contributed by atoms with Crippen LogP contribution in [-0.2, 0) is 5.54 Å². The summed E-state index contributed by atoms with van der Waals surface area (Å²) in [6, 6.07) is 3.68. The molecule has 0 aliphatic heterocycles. The van der Waals surface area contributed by atoms with Crippen LogP contribution in [0, 0.1) is 0 Å². The van der Waals surface area contributed by atoms with Crippen LogP contribution >= 0.6 is 0 Å². The maximum absolute atomic E-state index is 6.02. The third kappa shape index (κ3) is 0.890. The van der Waals surface area contributed by atoms with E-state index in [4.69, 9.17) is 10.3 Å². The van der Waals surface area contributed by atoms with Gasteiger partial charge in [-0.25, -0.2) is 0 Å². The second-order valence-electron chi connectivity index (χ2n) is 3.54. The lowest BCUT2D eigenvalue weighted by atomic mass is 10.1. The Morgan fingerprint density at radius 3 is 3.08 bits per heavy atom. The fourth-order valence-electron chi connectivity index (χ4n) is 1.48. The molecule has 1 aliphatic rings. The average molecular weight is 175 g/mol. The quantitative estimate of drug-likeness (QED) is 0.706. The minimum Gasteiger partial charge on any atom is -0.354 e. The van der Waals surface area contributed by atoms with E-state index in [9.17, 15) is 0 Å². The molecule has 66 valence electrons. The molecule has 0 saturated heterocycles. The molecule has 3 rings (SSSR count). The first-order valence-electron chi connectivity index (χ1n) is 4.29. The predicted molar refractivity (Wildman–Crippen MR) is 46.9 cm³/mol. The van der Waals surface area contributed by atoms with Crippen LogP contribution in [0.5, 0.6) is 0 Å². The van der Waals surface area contributed by atoms with Gasteiger partial charge < -0.3 is 10.3 Å². The van der Waals surface area contributed by atoms with Crippen LogP contribution in [0.15, 0.2) is 22.9 Å². The van der Waals surface area contributed by atoms with Crippen molar-refractivity contribution in [3.8, 4) is 0 Å². The molecule has 4 nitrogen and oxygen atoms in total. The smallest absolute Gasteiger partial charge is 0.185 e. The fraction of sp³-hybridized carbons (Fsp3) is 0.333. The lowest BCUT2D eigenvalue weighted by Gasteiger charge is -2.01. The summed E-state index contributed by atoms with van der Waals surface area (Å²) in [5, 5.41) is 3.97. The van der Waals surface area contributed by atoms with Gasteiger partial charge in [0, 0.05) is 6.20 Å². The Hall–Kier alpha value is -1.42. The van der Waals surface area contributed by atoms with Gasteiger partial charge in [0.1, 0.15) is 11.2 Å². The molecule has 0 spiro atoms. The minimum atomic E-state index is -0.264. The summed E-state index contributed by atoms with van der Waals surface area (Å²) < 4.78 is 5.12. The van der Waals surface area contributed by atoms with Crippen LogP contribution in [-0.4, -0.2) is 10.1 Å². The summed E-state index contributed by atoms with van der Waals surface area (Å²) in [4.78, 5) is 4.21. The van der Waals surface area contributed by atoms with Crippen molar-refractivity contribution in [2.24, 2.45) is 5.73 Å². The van der Waals surface area contributed by atoms with Crippen LogP contribution in [0.2, 0.25) is 0 Å². The molecule has 1 fully saturated rings. The molecular weight excluding hydrogens is 166 g/mol. The molecule has 0 atom stereocenters. The number of aromatic nitrogens is 2. The standard InChI is InChI=1S/C9H9N3O/c10-9(3-4-9)8-7-6(13-12-8)2-1-5-11-7/h1-2,5H,3-4,10H2. The number of hydrogen-bond donors (Lipinski definition) is 1. The Balaban J connectivity index is 2.30. The van der Waals surface area contributed by atoms with Gasteiger partial charge in [0.2, 0.25) is 0 Å². The van der Waals surface area contributed by atoms with Gasteiger partial charge in [0.05, 0.1) is 5.54 Å². The van der Waals surface area contributed by atoms with E-state index in [1.54, 1.807) is 6.20 Å². The molecule has 2 aromatic heterocycles. The number of nitrogens with zero attached hydrogens (tertiary/aromatic N) is 2. The van der Waals surface area contributed by atoms with E-state index in [0.29, 0.717) is 5.58 Å². The minimum absolute atomic E-state index is 0.264. The van der Waals surface area contributed by atoms with Crippen LogP contribution in [0.3, 0.4) is 0 Å². The summed E-state index contributed by atoms with van der Waals surface area (Å²) in [5.41, 5.74) is 8.08. The molecule has 0 unspecified atom stereocenters. The highest BCUT2D eigenvalue weighted by Crippen LogP contribution is 2.44. The van der Waals surface area contributed by atoms with Crippen molar-refractivity contribution in [2.75, 3.05) is 0 Å². The first kappa shape index (κ1) is 7.03. The van der Waals surface area contributed by atoms with Gasteiger partial charge >= 0.3 is 0 Å². The Morgan fingerprint density at radius 1 is 1.46 bits per heavy atom. The second kappa shape index (κ2) is 2.09. The highest BCUT2D eigenvalue weighted by Gasteiger charge is 2.44. The van der Waals surface area contributed by atoms with Crippen LogP contribution in [0.4, 0.5) is 0 Å². The van der Waals surface area contributed by atoms with Crippen molar-refractivity contribution in [3.63, 3.8) is 0 Å². The van der Waals surface area contributed by atoms with E-state index in [2.05, 4.69) is 10.1 Å². The molecule has 2 N–H and O–H groups in total. The predicted octanol–water partition coefficient (Wildman–Crippen LogP) is 1.17. The van der Waals surface area contributed by atoms with Gasteiger partial charge in [-0.3, -0.25) is 4.98 Å². The van der Waals surface area contributed by atoms with E-state index in [1.807, 2.05) is 12.1 Å². The zero-order chi connectivity index (χ0) is 8.89. The SMILES string of the molecule is NC1(c2noc3cccnc23)CC1. The first-order chi connectivity index (χ1) is 6.30.